The van der Waals surface area contributed by atoms with Crippen LogP contribution in [0.5, 0.6) is 11.5 Å². The third kappa shape index (κ3) is 4.44. The van der Waals surface area contributed by atoms with E-state index in [2.05, 4.69) is 10.2 Å². The second kappa shape index (κ2) is 8.86. The first kappa shape index (κ1) is 21.0. The van der Waals surface area contributed by atoms with E-state index in [0.717, 1.165) is 11.8 Å². The van der Waals surface area contributed by atoms with Crippen LogP contribution in [0.2, 0.25) is 0 Å². The van der Waals surface area contributed by atoms with Crippen molar-refractivity contribution in [3.8, 4) is 11.5 Å². The van der Waals surface area contributed by atoms with Crippen molar-refractivity contribution >= 4 is 45.4 Å². The average molecular weight is 457 g/mol. The number of thioether (sulfide) groups is 1. The van der Waals surface area contributed by atoms with Gasteiger partial charge in [0.15, 0.2) is 16.7 Å². The summed E-state index contributed by atoms with van der Waals surface area (Å²) < 4.78 is 24.9. The topological polar surface area (TPSA) is 88.4 Å². The lowest BCUT2D eigenvalue weighted by molar-refractivity contribution is -0.113. The average Bonchev–Trinajstić information content (AvgIpc) is 3.30. The summed E-state index contributed by atoms with van der Waals surface area (Å²) in [4.78, 5) is 14.4. The summed E-state index contributed by atoms with van der Waals surface area (Å²) in [7, 11) is 1.51. The number of methoxy groups -OCH3 is 1. The Morgan fingerprint density at radius 2 is 2.00 bits per heavy atom. The van der Waals surface area contributed by atoms with E-state index < -0.39 is 0 Å². The van der Waals surface area contributed by atoms with E-state index in [1.54, 1.807) is 49.4 Å². The van der Waals surface area contributed by atoms with Gasteiger partial charge in [-0.1, -0.05) is 35.6 Å². The van der Waals surface area contributed by atoms with Gasteiger partial charge in [0.05, 0.1) is 12.0 Å². The number of carbonyl (C=O) groups excluding carboxylic acids is 1. The number of amidine groups is 1. The first-order chi connectivity index (χ1) is 15.0. The molecule has 4 rings (SSSR count). The molecule has 3 aromatic rings. The number of hydrogen-bond donors (Lipinski definition) is 1. The minimum atomic E-state index is -0.336. The van der Waals surface area contributed by atoms with Gasteiger partial charge in [-0.25, -0.2) is 9.29 Å². The maximum atomic E-state index is 13.8. The van der Waals surface area contributed by atoms with Crippen LogP contribution in [0, 0.1) is 18.2 Å². The van der Waals surface area contributed by atoms with Crippen molar-refractivity contribution in [2.75, 3.05) is 12.0 Å². The molecule has 7 nitrogen and oxygen atoms in total. The van der Waals surface area contributed by atoms with E-state index in [1.165, 1.54) is 29.4 Å². The first-order valence-electron chi connectivity index (χ1n) is 9.13. The smallest absolute Gasteiger partial charge is 0.273 e. The molecule has 0 saturated carbocycles. The van der Waals surface area contributed by atoms with Crippen LogP contribution >= 0.6 is 23.1 Å². The Kier molecular flexibility index (Phi) is 6.01. The zero-order valence-electron chi connectivity index (χ0n) is 16.6. The fraction of sp³-hybridized carbons (Fsp3) is 0.143. The van der Waals surface area contributed by atoms with E-state index >= 15 is 0 Å². The number of halogens is 1. The number of rotatable bonds is 6. The van der Waals surface area contributed by atoms with Crippen LogP contribution in [0.4, 0.5) is 9.52 Å². The van der Waals surface area contributed by atoms with E-state index in [1.807, 2.05) is 0 Å². The Hall–Kier alpha value is -3.24. The van der Waals surface area contributed by atoms with Gasteiger partial charge in [0.2, 0.25) is 5.13 Å². The molecular formula is C21H17FN4O3S2. The quantitative estimate of drug-likeness (QED) is 0.544. The van der Waals surface area contributed by atoms with Gasteiger partial charge >= 0.3 is 0 Å². The number of ether oxygens (including phenoxy) is 2. The number of aromatic nitrogens is 2. The standard InChI is InChI=1S/C21H17FN4O3S2/c1-12-24-25-21(30-12)26-19(27)18(31-20(26)23)10-13-7-8-16(17(9-13)28-2)29-11-14-5-3-4-6-15(14)22/h3-10,23H,11H2,1-2H3. The normalized spacial score (nSPS) is 15.1. The molecule has 2 heterocycles. The number of carbonyl (C=O) groups is 1. The Morgan fingerprint density at radius 3 is 2.71 bits per heavy atom. The summed E-state index contributed by atoms with van der Waals surface area (Å²) >= 11 is 2.31. The maximum absolute atomic E-state index is 13.8. The van der Waals surface area contributed by atoms with Gasteiger partial charge < -0.3 is 9.47 Å². The zero-order chi connectivity index (χ0) is 22.0. The van der Waals surface area contributed by atoms with Crippen LogP contribution in [-0.4, -0.2) is 28.4 Å². The van der Waals surface area contributed by atoms with E-state index in [0.29, 0.717) is 37.7 Å². The molecule has 1 fully saturated rings. The van der Waals surface area contributed by atoms with Crippen molar-refractivity contribution in [1.82, 2.24) is 10.2 Å². The molecule has 0 radical (unpaired) electrons. The summed E-state index contributed by atoms with van der Waals surface area (Å²) in [5, 5.41) is 17.2. The third-order valence-electron chi connectivity index (χ3n) is 4.36. The molecule has 0 unspecified atom stereocenters. The molecule has 1 saturated heterocycles. The van der Waals surface area contributed by atoms with Crippen LogP contribution in [0.1, 0.15) is 16.1 Å². The van der Waals surface area contributed by atoms with E-state index in [-0.39, 0.29) is 23.5 Å². The Balaban J connectivity index is 1.54. The molecule has 1 aliphatic rings. The highest BCUT2D eigenvalue weighted by atomic mass is 32.2. The Morgan fingerprint density at radius 1 is 1.19 bits per heavy atom. The molecule has 1 aliphatic heterocycles. The lowest BCUT2D eigenvalue weighted by Gasteiger charge is -2.12. The minimum absolute atomic E-state index is 0.0607. The molecule has 0 aliphatic carbocycles. The molecule has 1 amide bonds. The van der Waals surface area contributed by atoms with Crippen molar-refractivity contribution in [3.05, 3.63) is 69.3 Å². The van der Waals surface area contributed by atoms with Gasteiger partial charge in [-0.15, -0.1) is 10.2 Å². The SMILES string of the molecule is COc1cc(C=C2SC(=N)N(c3nnc(C)s3)C2=O)ccc1OCc1ccccc1F. The van der Waals surface area contributed by atoms with Crippen molar-refractivity contribution in [2.45, 2.75) is 13.5 Å². The summed E-state index contributed by atoms with van der Waals surface area (Å²) in [6.07, 6.45) is 1.68. The van der Waals surface area contributed by atoms with E-state index in [9.17, 15) is 9.18 Å². The molecular weight excluding hydrogens is 439 g/mol. The van der Waals surface area contributed by atoms with Crippen LogP contribution in [-0.2, 0) is 11.4 Å². The highest BCUT2D eigenvalue weighted by Crippen LogP contribution is 2.37. The minimum Gasteiger partial charge on any atom is -0.493 e. The van der Waals surface area contributed by atoms with Gasteiger partial charge in [0.25, 0.3) is 5.91 Å². The monoisotopic (exact) mass is 456 g/mol. The molecule has 10 heteroatoms. The van der Waals surface area contributed by atoms with E-state index in [4.69, 9.17) is 14.9 Å². The fourth-order valence-corrected chi connectivity index (χ4v) is 4.45. The first-order valence-corrected chi connectivity index (χ1v) is 10.8. The third-order valence-corrected chi connectivity index (χ3v) is 6.07. The second-order valence-corrected chi connectivity index (χ2v) is 8.64. The molecule has 0 spiro atoms. The maximum Gasteiger partial charge on any atom is 0.273 e. The number of nitrogens with zero attached hydrogens (tertiary/aromatic N) is 3. The molecule has 1 N–H and O–H groups in total. The molecule has 0 atom stereocenters. The molecule has 31 heavy (non-hydrogen) atoms. The van der Waals surface area contributed by atoms with Crippen LogP contribution < -0.4 is 14.4 Å². The number of aryl methyl sites for hydroxylation is 1. The molecule has 158 valence electrons. The molecule has 1 aromatic heterocycles. The second-order valence-electron chi connectivity index (χ2n) is 6.45. The summed E-state index contributed by atoms with van der Waals surface area (Å²) in [5.41, 5.74) is 1.14. The van der Waals surface area contributed by atoms with Gasteiger partial charge in [0.1, 0.15) is 17.4 Å². The van der Waals surface area contributed by atoms with Gasteiger partial charge in [-0.2, -0.15) is 0 Å². The fourth-order valence-electron chi connectivity index (χ4n) is 2.85. The highest BCUT2D eigenvalue weighted by molar-refractivity contribution is 8.19. The number of benzene rings is 2. The van der Waals surface area contributed by atoms with Crippen LogP contribution in [0.15, 0.2) is 47.4 Å². The zero-order valence-corrected chi connectivity index (χ0v) is 18.2. The Labute approximate surface area is 186 Å². The summed E-state index contributed by atoms with van der Waals surface area (Å²) in [5.74, 6) is 0.243. The molecule has 0 bridgehead atoms. The Bertz CT molecular complexity index is 1190. The van der Waals surface area contributed by atoms with Crippen molar-refractivity contribution in [2.24, 2.45) is 0 Å². The number of amides is 1. The van der Waals surface area contributed by atoms with Gasteiger partial charge in [-0.3, -0.25) is 10.2 Å². The van der Waals surface area contributed by atoms with Crippen LogP contribution in [0.25, 0.3) is 6.08 Å². The largest absolute Gasteiger partial charge is 0.493 e. The van der Waals surface area contributed by atoms with Gasteiger partial charge in [0, 0.05) is 5.56 Å². The van der Waals surface area contributed by atoms with Crippen LogP contribution in [0.3, 0.4) is 0 Å². The van der Waals surface area contributed by atoms with Crippen molar-refractivity contribution in [1.29, 1.82) is 5.41 Å². The predicted octanol–water partition coefficient (Wildman–Crippen LogP) is 4.63. The van der Waals surface area contributed by atoms with Crippen molar-refractivity contribution < 1.29 is 18.7 Å². The number of anilines is 1. The summed E-state index contributed by atoms with van der Waals surface area (Å²) in [6.45, 7) is 1.85. The molecule has 2 aromatic carbocycles. The lowest BCUT2D eigenvalue weighted by atomic mass is 10.1. The van der Waals surface area contributed by atoms with Crippen molar-refractivity contribution in [3.63, 3.8) is 0 Å². The summed E-state index contributed by atoms with van der Waals surface area (Å²) in [6, 6.07) is 11.6. The van der Waals surface area contributed by atoms with Gasteiger partial charge in [-0.05, 0) is 48.5 Å². The highest BCUT2D eigenvalue weighted by Gasteiger charge is 2.35. The number of hydrogen-bond acceptors (Lipinski definition) is 8. The number of nitrogens with one attached hydrogen (secondary N) is 1. The lowest BCUT2D eigenvalue weighted by Crippen LogP contribution is -2.27. The predicted molar refractivity (Wildman–Crippen MR) is 119 cm³/mol.